The summed E-state index contributed by atoms with van der Waals surface area (Å²) in [5, 5.41) is 14.5. The van der Waals surface area contributed by atoms with Crippen molar-refractivity contribution in [2.75, 3.05) is 18.8 Å². The van der Waals surface area contributed by atoms with Gasteiger partial charge in [-0.25, -0.2) is 13.5 Å². The number of carbonyl (C=O) groups excluding carboxylic acids is 1. The van der Waals surface area contributed by atoms with Crippen LogP contribution < -0.4 is 10.1 Å². The summed E-state index contributed by atoms with van der Waals surface area (Å²) in [5.41, 5.74) is 1.62. The highest BCUT2D eigenvalue weighted by Crippen LogP contribution is 2.27. The van der Waals surface area contributed by atoms with E-state index in [-0.39, 0.29) is 23.6 Å². The molecular formula is C23H25N3O5S. The van der Waals surface area contributed by atoms with Crippen LogP contribution in [0.3, 0.4) is 0 Å². The van der Waals surface area contributed by atoms with Crippen LogP contribution in [0.4, 0.5) is 0 Å². The van der Waals surface area contributed by atoms with Crippen LogP contribution in [0.2, 0.25) is 0 Å². The molecule has 2 aromatic carbocycles. The molecule has 1 aromatic heterocycles. The van der Waals surface area contributed by atoms with Gasteiger partial charge in [0.05, 0.1) is 21.7 Å². The molecule has 4 rings (SSSR count). The van der Waals surface area contributed by atoms with E-state index >= 15 is 0 Å². The summed E-state index contributed by atoms with van der Waals surface area (Å²) in [4.78, 5) is 15.7. The molecule has 3 aromatic rings. The summed E-state index contributed by atoms with van der Waals surface area (Å²) >= 11 is 0. The monoisotopic (exact) mass is 455 g/mol. The third-order valence-electron chi connectivity index (χ3n) is 5.77. The second-order valence-electron chi connectivity index (χ2n) is 8.06. The first-order valence-electron chi connectivity index (χ1n) is 10.3. The average molecular weight is 456 g/mol. The Labute approximate surface area is 186 Å². The normalized spacial score (nSPS) is 18.6. The van der Waals surface area contributed by atoms with Crippen LogP contribution in [-0.4, -0.2) is 54.5 Å². The average Bonchev–Trinajstić information content (AvgIpc) is 3.26. The lowest BCUT2D eigenvalue weighted by Crippen LogP contribution is -2.52. The van der Waals surface area contributed by atoms with E-state index in [1.165, 1.54) is 12.1 Å². The fraction of sp³-hybridized carbons (Fsp3) is 0.304. The van der Waals surface area contributed by atoms with Crippen molar-refractivity contribution in [2.24, 2.45) is 0 Å². The van der Waals surface area contributed by atoms with Gasteiger partial charge < -0.3 is 10.1 Å². The summed E-state index contributed by atoms with van der Waals surface area (Å²) in [5.74, 6) is 0.168. The van der Waals surface area contributed by atoms with Gasteiger partial charge in [-0.1, -0.05) is 18.2 Å². The SMILES string of the molecule is Cc1cc(COc2ccc(S(=O)(=O)CC3(N(O)C=O)CCNC3)cc2)c2ccccc2n1. The summed E-state index contributed by atoms with van der Waals surface area (Å²) in [6, 6.07) is 16.0. The Morgan fingerprint density at radius 3 is 2.66 bits per heavy atom. The number of para-hydroxylation sites is 1. The molecule has 32 heavy (non-hydrogen) atoms. The highest BCUT2D eigenvalue weighted by Gasteiger charge is 2.43. The topological polar surface area (TPSA) is 109 Å². The minimum atomic E-state index is -3.74. The Morgan fingerprint density at radius 1 is 1.22 bits per heavy atom. The van der Waals surface area contributed by atoms with Crippen LogP contribution in [0.15, 0.2) is 59.5 Å². The van der Waals surface area contributed by atoms with Crippen LogP contribution >= 0.6 is 0 Å². The van der Waals surface area contributed by atoms with Crippen LogP contribution in [0.5, 0.6) is 5.75 Å². The van der Waals surface area contributed by atoms with Crippen molar-refractivity contribution >= 4 is 27.2 Å². The first kappa shape index (κ1) is 22.2. The van der Waals surface area contributed by atoms with Crippen molar-refractivity contribution < 1.29 is 23.2 Å². The van der Waals surface area contributed by atoms with Gasteiger partial charge in [-0.3, -0.25) is 15.0 Å². The van der Waals surface area contributed by atoms with Gasteiger partial charge >= 0.3 is 0 Å². The Morgan fingerprint density at radius 2 is 1.97 bits per heavy atom. The fourth-order valence-electron chi connectivity index (χ4n) is 4.08. The van der Waals surface area contributed by atoms with Crippen molar-refractivity contribution in [2.45, 2.75) is 30.4 Å². The third kappa shape index (κ3) is 4.45. The number of hydrogen-bond donors (Lipinski definition) is 2. The zero-order valence-electron chi connectivity index (χ0n) is 17.7. The number of hydrogen-bond acceptors (Lipinski definition) is 7. The second-order valence-corrected chi connectivity index (χ2v) is 10.0. The molecule has 8 nitrogen and oxygen atoms in total. The Bertz CT molecular complexity index is 1220. The molecule has 1 amide bonds. The number of aromatic nitrogens is 1. The maximum Gasteiger partial charge on any atom is 0.233 e. The molecule has 1 unspecified atom stereocenters. The van der Waals surface area contributed by atoms with Crippen LogP contribution in [0, 0.1) is 6.92 Å². The van der Waals surface area contributed by atoms with Gasteiger partial charge in [-0.15, -0.1) is 0 Å². The quantitative estimate of drug-likeness (QED) is 0.305. The fourth-order valence-corrected chi connectivity index (χ4v) is 5.89. The van der Waals surface area contributed by atoms with E-state index in [9.17, 15) is 18.4 Å². The van der Waals surface area contributed by atoms with E-state index in [4.69, 9.17) is 4.74 Å². The van der Waals surface area contributed by atoms with Crippen LogP contribution in [0.25, 0.3) is 10.9 Å². The van der Waals surface area contributed by atoms with E-state index in [1.807, 2.05) is 37.3 Å². The molecule has 1 fully saturated rings. The van der Waals surface area contributed by atoms with Crippen molar-refractivity contribution in [3.8, 4) is 5.75 Å². The number of nitrogens with zero attached hydrogens (tertiary/aromatic N) is 2. The van der Waals surface area contributed by atoms with Crippen molar-refractivity contribution in [1.82, 2.24) is 15.4 Å². The Balaban J connectivity index is 1.49. The van der Waals surface area contributed by atoms with Crippen molar-refractivity contribution in [3.05, 3.63) is 65.9 Å². The summed E-state index contributed by atoms with van der Waals surface area (Å²) in [6.45, 7) is 2.99. The number of fused-ring (bicyclic) bond motifs is 1. The smallest absolute Gasteiger partial charge is 0.233 e. The molecule has 1 aliphatic rings. The number of carbonyl (C=O) groups is 1. The van der Waals surface area contributed by atoms with E-state index in [1.54, 1.807) is 12.1 Å². The first-order valence-corrected chi connectivity index (χ1v) is 11.9. The summed E-state index contributed by atoms with van der Waals surface area (Å²) in [7, 11) is -3.74. The van der Waals surface area contributed by atoms with Gasteiger partial charge in [-0.05, 0) is 56.3 Å². The molecule has 2 heterocycles. The number of hydroxylamine groups is 2. The molecule has 1 atom stereocenters. The number of aryl methyl sites for hydroxylation is 1. The minimum absolute atomic E-state index is 0.112. The lowest BCUT2D eigenvalue weighted by molar-refractivity contribution is -0.173. The van der Waals surface area contributed by atoms with Gasteiger partial charge in [0, 0.05) is 23.2 Å². The molecule has 1 saturated heterocycles. The molecule has 0 radical (unpaired) electrons. The molecule has 1 aliphatic heterocycles. The third-order valence-corrected chi connectivity index (χ3v) is 7.68. The number of pyridine rings is 1. The highest BCUT2D eigenvalue weighted by molar-refractivity contribution is 7.91. The molecule has 0 bridgehead atoms. The number of rotatable bonds is 8. The van der Waals surface area contributed by atoms with Crippen LogP contribution in [0.1, 0.15) is 17.7 Å². The zero-order valence-corrected chi connectivity index (χ0v) is 18.5. The number of benzene rings is 2. The molecular weight excluding hydrogens is 430 g/mol. The van der Waals surface area contributed by atoms with E-state index in [0.29, 0.717) is 30.4 Å². The maximum absolute atomic E-state index is 13.0. The lowest BCUT2D eigenvalue weighted by atomic mass is 10.0. The number of amides is 1. The molecule has 168 valence electrons. The molecule has 0 saturated carbocycles. The van der Waals surface area contributed by atoms with E-state index in [0.717, 1.165) is 22.2 Å². The predicted octanol–water partition coefficient (Wildman–Crippen LogP) is 2.48. The van der Waals surface area contributed by atoms with E-state index < -0.39 is 15.4 Å². The molecule has 0 spiro atoms. The van der Waals surface area contributed by atoms with Gasteiger partial charge in [0.25, 0.3) is 0 Å². The standard InChI is InChI=1S/C23H25N3O5S/c1-17-12-18(21-4-2-3-5-22(21)25-17)13-31-19-6-8-20(9-7-19)32(29,30)15-23(26(28)16-27)10-11-24-14-23/h2-9,12,16,24,28H,10-11,13-15H2,1H3. The Hall–Kier alpha value is -3.01. The maximum atomic E-state index is 13.0. The Kier molecular flexibility index (Phi) is 6.14. The van der Waals surface area contributed by atoms with Gasteiger partial charge in [-0.2, -0.15) is 0 Å². The second kappa shape index (κ2) is 8.85. The van der Waals surface area contributed by atoms with Gasteiger partial charge in [0.2, 0.25) is 6.41 Å². The number of sulfone groups is 1. The molecule has 0 aliphatic carbocycles. The largest absolute Gasteiger partial charge is 0.489 e. The van der Waals surface area contributed by atoms with Crippen LogP contribution in [-0.2, 0) is 21.2 Å². The van der Waals surface area contributed by atoms with E-state index in [2.05, 4.69) is 10.3 Å². The zero-order chi connectivity index (χ0) is 22.8. The summed E-state index contributed by atoms with van der Waals surface area (Å²) < 4.78 is 31.8. The first-order chi connectivity index (χ1) is 15.3. The van der Waals surface area contributed by atoms with Gasteiger partial charge in [0.1, 0.15) is 12.4 Å². The molecule has 9 heteroatoms. The highest BCUT2D eigenvalue weighted by atomic mass is 32.2. The number of nitrogens with one attached hydrogen (secondary N) is 1. The number of ether oxygens (including phenoxy) is 1. The summed E-state index contributed by atoms with van der Waals surface area (Å²) in [6.07, 6.45) is 0.603. The minimum Gasteiger partial charge on any atom is -0.489 e. The lowest BCUT2D eigenvalue weighted by Gasteiger charge is -2.32. The van der Waals surface area contributed by atoms with Crippen molar-refractivity contribution in [1.29, 1.82) is 0 Å². The van der Waals surface area contributed by atoms with Gasteiger partial charge in [0.15, 0.2) is 9.84 Å². The van der Waals surface area contributed by atoms with Crippen molar-refractivity contribution in [3.63, 3.8) is 0 Å². The predicted molar refractivity (Wildman–Crippen MR) is 119 cm³/mol. The molecule has 2 N–H and O–H groups in total.